The first-order valence-electron chi connectivity index (χ1n) is 5.47. The average Bonchev–Trinajstić information content (AvgIpc) is 2.38. The molecule has 1 rings (SSSR count). The molecule has 0 aliphatic rings. The fourth-order valence-electron chi connectivity index (χ4n) is 1.49. The van der Waals surface area contributed by atoms with Gasteiger partial charge in [0.15, 0.2) is 0 Å². The minimum Gasteiger partial charge on any atom is -0.469 e. The van der Waals surface area contributed by atoms with E-state index in [-0.39, 0.29) is 19.5 Å². The highest BCUT2D eigenvalue weighted by Crippen LogP contribution is 2.01. The molecule has 0 atom stereocenters. The van der Waals surface area contributed by atoms with Crippen molar-refractivity contribution in [2.24, 2.45) is 0 Å². The summed E-state index contributed by atoms with van der Waals surface area (Å²) in [6.45, 7) is 1.53. The zero-order chi connectivity index (χ0) is 14.6. The van der Waals surface area contributed by atoms with Crippen LogP contribution in [0, 0.1) is 10.1 Å². The molecule has 9 nitrogen and oxygen atoms in total. The zero-order valence-corrected chi connectivity index (χ0v) is 10.5. The normalized spacial score (nSPS) is 10.2. The highest BCUT2D eigenvalue weighted by molar-refractivity contribution is 5.68. The third-order valence-electron chi connectivity index (χ3n) is 2.52. The minimum absolute atomic E-state index is 0.179. The maximum Gasteiger partial charge on any atom is 0.350 e. The second kappa shape index (κ2) is 5.94. The van der Waals surface area contributed by atoms with Gasteiger partial charge in [-0.2, -0.15) is 0 Å². The van der Waals surface area contributed by atoms with Crippen LogP contribution in [0.4, 0.5) is 5.69 Å². The van der Waals surface area contributed by atoms with Crippen LogP contribution in [0.2, 0.25) is 0 Å². The van der Waals surface area contributed by atoms with E-state index in [1.54, 1.807) is 6.92 Å². The van der Waals surface area contributed by atoms with Crippen molar-refractivity contribution in [1.29, 1.82) is 0 Å². The Morgan fingerprint density at radius 1 is 1.47 bits per heavy atom. The van der Waals surface area contributed by atoms with Gasteiger partial charge in [-0.1, -0.05) is 0 Å². The first kappa shape index (κ1) is 14.6. The van der Waals surface area contributed by atoms with E-state index < -0.39 is 27.8 Å². The molecule has 0 N–H and O–H groups in total. The van der Waals surface area contributed by atoms with Crippen molar-refractivity contribution in [3.05, 3.63) is 37.1 Å². The molecule has 0 aromatic carbocycles. The zero-order valence-electron chi connectivity index (χ0n) is 10.5. The summed E-state index contributed by atoms with van der Waals surface area (Å²) >= 11 is 0. The van der Waals surface area contributed by atoms with E-state index in [1.165, 1.54) is 7.11 Å². The Bertz CT molecular complexity index is 615. The molecule has 19 heavy (non-hydrogen) atoms. The second-order valence-electron chi connectivity index (χ2n) is 3.62. The number of hydrogen-bond donors (Lipinski definition) is 0. The highest BCUT2D eigenvalue weighted by atomic mass is 16.6. The lowest BCUT2D eigenvalue weighted by atomic mass is 10.4. The van der Waals surface area contributed by atoms with Crippen LogP contribution in [0.15, 0.2) is 15.8 Å². The molecule has 0 aliphatic carbocycles. The van der Waals surface area contributed by atoms with Crippen LogP contribution in [0.5, 0.6) is 0 Å². The summed E-state index contributed by atoms with van der Waals surface area (Å²) in [4.78, 5) is 44.5. The molecule has 0 aliphatic heterocycles. The van der Waals surface area contributed by atoms with Crippen molar-refractivity contribution in [3.8, 4) is 0 Å². The van der Waals surface area contributed by atoms with Gasteiger partial charge in [0.1, 0.15) is 0 Å². The SMILES string of the molecule is CCn1cc([N+](=O)[O-])c(=O)n(CCC(=O)OC)c1=O. The first-order chi connectivity index (χ1) is 8.92. The summed E-state index contributed by atoms with van der Waals surface area (Å²) in [6.07, 6.45) is 0.690. The summed E-state index contributed by atoms with van der Waals surface area (Å²) < 4.78 is 6.09. The molecule has 0 amide bonds. The van der Waals surface area contributed by atoms with E-state index >= 15 is 0 Å². The molecule has 0 spiro atoms. The maximum atomic E-state index is 11.8. The van der Waals surface area contributed by atoms with E-state index in [0.29, 0.717) is 4.57 Å². The number of ether oxygens (including phenoxy) is 1. The van der Waals surface area contributed by atoms with Crippen LogP contribution in [0.3, 0.4) is 0 Å². The van der Waals surface area contributed by atoms with Crippen molar-refractivity contribution in [2.75, 3.05) is 7.11 Å². The summed E-state index contributed by atoms with van der Waals surface area (Å²) in [7, 11) is 1.17. The van der Waals surface area contributed by atoms with Crippen molar-refractivity contribution >= 4 is 11.7 Å². The van der Waals surface area contributed by atoms with Crippen molar-refractivity contribution < 1.29 is 14.5 Å². The molecule has 9 heteroatoms. The number of methoxy groups -OCH3 is 1. The van der Waals surface area contributed by atoms with Crippen LogP contribution in [-0.2, 0) is 22.6 Å². The number of carbonyl (C=O) groups excluding carboxylic acids is 1. The Morgan fingerprint density at radius 2 is 2.11 bits per heavy atom. The summed E-state index contributed by atoms with van der Waals surface area (Å²) in [5.74, 6) is -0.610. The largest absolute Gasteiger partial charge is 0.469 e. The van der Waals surface area contributed by atoms with Crippen LogP contribution in [0.25, 0.3) is 0 Å². The molecule has 0 bridgehead atoms. The Kier molecular flexibility index (Phi) is 4.56. The molecule has 0 unspecified atom stereocenters. The van der Waals surface area contributed by atoms with Crippen molar-refractivity contribution in [1.82, 2.24) is 9.13 Å². The van der Waals surface area contributed by atoms with Crippen molar-refractivity contribution in [3.63, 3.8) is 0 Å². The third kappa shape index (κ3) is 3.06. The van der Waals surface area contributed by atoms with Gasteiger partial charge in [0, 0.05) is 13.1 Å². The first-order valence-corrected chi connectivity index (χ1v) is 5.47. The van der Waals surface area contributed by atoms with Crippen LogP contribution >= 0.6 is 0 Å². The monoisotopic (exact) mass is 271 g/mol. The Labute approximate surface area is 107 Å². The molecule has 1 aromatic heterocycles. The smallest absolute Gasteiger partial charge is 0.350 e. The fourth-order valence-corrected chi connectivity index (χ4v) is 1.49. The number of nitrogens with zero attached hydrogens (tertiary/aromatic N) is 3. The Balaban J connectivity index is 3.32. The Morgan fingerprint density at radius 3 is 2.58 bits per heavy atom. The molecule has 0 radical (unpaired) electrons. The number of aryl methyl sites for hydroxylation is 1. The van der Waals surface area contributed by atoms with Crippen LogP contribution in [0.1, 0.15) is 13.3 Å². The van der Waals surface area contributed by atoms with Crippen molar-refractivity contribution in [2.45, 2.75) is 26.4 Å². The lowest BCUT2D eigenvalue weighted by Gasteiger charge is -2.07. The lowest BCUT2D eigenvalue weighted by Crippen LogP contribution is -2.40. The van der Waals surface area contributed by atoms with Gasteiger partial charge in [-0.05, 0) is 6.92 Å². The number of esters is 1. The lowest BCUT2D eigenvalue weighted by molar-refractivity contribution is -0.387. The predicted molar refractivity (Wildman–Crippen MR) is 63.9 cm³/mol. The number of hydrogen-bond acceptors (Lipinski definition) is 6. The van der Waals surface area contributed by atoms with Gasteiger partial charge < -0.3 is 4.74 Å². The Hall–Kier alpha value is -2.45. The molecule has 0 saturated heterocycles. The standard InChI is InChI=1S/C10H13N3O6/c1-3-11-6-7(13(17)18)9(15)12(10(11)16)5-4-8(14)19-2/h6H,3-5H2,1-2H3. The highest BCUT2D eigenvalue weighted by Gasteiger charge is 2.19. The predicted octanol–water partition coefficient (Wildman–Crippen LogP) is -0.499. The summed E-state index contributed by atoms with van der Waals surface area (Å²) in [5, 5.41) is 10.7. The average molecular weight is 271 g/mol. The molecular weight excluding hydrogens is 258 g/mol. The van der Waals surface area contributed by atoms with E-state index in [0.717, 1.165) is 10.8 Å². The van der Waals surface area contributed by atoms with E-state index in [9.17, 15) is 24.5 Å². The van der Waals surface area contributed by atoms with Crippen LogP contribution < -0.4 is 11.2 Å². The summed E-state index contributed by atoms with van der Waals surface area (Å²) in [5.41, 5.74) is -2.42. The van der Waals surface area contributed by atoms with Gasteiger partial charge in [-0.15, -0.1) is 0 Å². The van der Waals surface area contributed by atoms with Crippen LogP contribution in [-0.4, -0.2) is 27.1 Å². The number of rotatable bonds is 5. The van der Waals surface area contributed by atoms with E-state index in [2.05, 4.69) is 4.74 Å². The number of nitro groups is 1. The molecule has 1 heterocycles. The summed E-state index contributed by atoms with van der Waals surface area (Å²) in [6, 6.07) is 0. The topological polar surface area (TPSA) is 113 Å². The molecule has 1 aromatic rings. The third-order valence-corrected chi connectivity index (χ3v) is 2.52. The van der Waals surface area contributed by atoms with Gasteiger partial charge in [-0.25, -0.2) is 4.79 Å². The van der Waals surface area contributed by atoms with Gasteiger partial charge in [0.05, 0.1) is 24.7 Å². The minimum atomic E-state index is -1.02. The van der Waals surface area contributed by atoms with Gasteiger partial charge in [-0.3, -0.25) is 28.8 Å². The van der Waals surface area contributed by atoms with Gasteiger partial charge >= 0.3 is 22.9 Å². The van der Waals surface area contributed by atoms with Gasteiger partial charge in [0.25, 0.3) is 0 Å². The molecule has 104 valence electrons. The van der Waals surface area contributed by atoms with E-state index in [1.807, 2.05) is 0 Å². The fraction of sp³-hybridized carbons (Fsp3) is 0.500. The number of carbonyl (C=O) groups is 1. The molecular formula is C10H13N3O6. The van der Waals surface area contributed by atoms with Gasteiger partial charge in [0.2, 0.25) is 0 Å². The van der Waals surface area contributed by atoms with E-state index in [4.69, 9.17) is 0 Å². The maximum absolute atomic E-state index is 11.8. The molecule has 0 saturated carbocycles. The second-order valence-corrected chi connectivity index (χ2v) is 3.62. The number of aromatic nitrogens is 2. The quantitative estimate of drug-likeness (QED) is 0.405. The molecule has 0 fully saturated rings.